The third-order valence-corrected chi connectivity index (χ3v) is 4.29. The van der Waals surface area contributed by atoms with Gasteiger partial charge < -0.3 is 9.30 Å². The minimum atomic E-state index is 0.307. The molecule has 0 amide bonds. The largest absolute Gasteiger partial charge is 0.376 e. The molecule has 0 bridgehead atoms. The average Bonchev–Trinajstić information content (AvgIpc) is 3.31. The molecule has 118 valence electrons. The lowest BCUT2D eigenvalue weighted by Crippen LogP contribution is -2.15. The number of rotatable bonds is 5. The highest BCUT2D eigenvalue weighted by Gasteiger charge is 2.18. The fourth-order valence-corrected chi connectivity index (χ4v) is 3.15. The Bertz CT molecular complexity index is 757. The lowest BCUT2D eigenvalue weighted by molar-refractivity contribution is 0.0973. The summed E-state index contributed by atoms with van der Waals surface area (Å²) in [7, 11) is 0. The van der Waals surface area contributed by atoms with Gasteiger partial charge in [0.1, 0.15) is 5.82 Å². The standard InChI is InChI=1S/C18H20N4O/c1-2-7-17(15(5-1)13-22-10-4-8-20-22)18-19-9-11-21(18)14-16-6-3-12-23-16/h1-2,4-5,7-11,16H,3,6,12-14H2/t16-/m0/s1. The SMILES string of the molecule is c1ccc(-c2nccn2C[C@@H]2CCCO2)c(Cn2cccn2)c1. The second-order valence-electron chi connectivity index (χ2n) is 5.90. The van der Waals surface area contributed by atoms with Crippen LogP contribution in [0.1, 0.15) is 18.4 Å². The molecular formula is C18H20N4O. The summed E-state index contributed by atoms with van der Waals surface area (Å²) in [5.74, 6) is 1.00. The molecule has 1 fully saturated rings. The Labute approximate surface area is 135 Å². The lowest BCUT2D eigenvalue weighted by Gasteiger charge is -2.15. The van der Waals surface area contributed by atoms with Crippen molar-refractivity contribution < 1.29 is 4.74 Å². The first-order valence-corrected chi connectivity index (χ1v) is 8.08. The van der Waals surface area contributed by atoms with Gasteiger partial charge in [0.25, 0.3) is 0 Å². The summed E-state index contributed by atoms with van der Waals surface area (Å²) in [6.45, 7) is 2.49. The predicted octanol–water partition coefficient (Wildman–Crippen LogP) is 2.97. The molecule has 1 saturated heterocycles. The van der Waals surface area contributed by atoms with E-state index in [0.717, 1.165) is 43.9 Å². The summed E-state index contributed by atoms with van der Waals surface area (Å²) in [6, 6.07) is 10.3. The van der Waals surface area contributed by atoms with Gasteiger partial charge in [-0.1, -0.05) is 24.3 Å². The first kappa shape index (κ1) is 14.2. The summed E-state index contributed by atoms with van der Waals surface area (Å²) in [6.07, 6.45) is 10.3. The van der Waals surface area contributed by atoms with Crippen LogP contribution in [0.2, 0.25) is 0 Å². The Morgan fingerprint density at radius 3 is 2.91 bits per heavy atom. The number of nitrogens with zero attached hydrogens (tertiary/aromatic N) is 4. The average molecular weight is 308 g/mol. The van der Waals surface area contributed by atoms with Crippen molar-refractivity contribution in [3.63, 3.8) is 0 Å². The number of hydrogen-bond acceptors (Lipinski definition) is 3. The van der Waals surface area contributed by atoms with Gasteiger partial charge in [0.05, 0.1) is 19.2 Å². The molecule has 5 heteroatoms. The highest BCUT2D eigenvalue weighted by atomic mass is 16.5. The summed E-state index contributed by atoms with van der Waals surface area (Å²) in [5.41, 5.74) is 2.38. The van der Waals surface area contributed by atoms with Crippen molar-refractivity contribution in [3.05, 3.63) is 60.7 Å². The Balaban J connectivity index is 1.64. The van der Waals surface area contributed by atoms with Gasteiger partial charge in [-0.15, -0.1) is 0 Å². The van der Waals surface area contributed by atoms with E-state index in [9.17, 15) is 0 Å². The maximum Gasteiger partial charge on any atom is 0.140 e. The van der Waals surface area contributed by atoms with Crippen molar-refractivity contribution in [2.45, 2.75) is 32.0 Å². The van der Waals surface area contributed by atoms with Crippen LogP contribution in [-0.4, -0.2) is 32.0 Å². The second kappa shape index (κ2) is 6.38. The van der Waals surface area contributed by atoms with E-state index >= 15 is 0 Å². The summed E-state index contributed by atoms with van der Waals surface area (Å²) in [5, 5.41) is 4.31. The Morgan fingerprint density at radius 2 is 2.09 bits per heavy atom. The molecule has 4 rings (SSSR count). The molecule has 0 aliphatic carbocycles. The van der Waals surface area contributed by atoms with Crippen LogP contribution in [0.4, 0.5) is 0 Å². The maximum absolute atomic E-state index is 5.77. The predicted molar refractivity (Wildman–Crippen MR) is 88.0 cm³/mol. The molecule has 0 spiro atoms. The van der Waals surface area contributed by atoms with E-state index in [1.54, 1.807) is 6.20 Å². The van der Waals surface area contributed by atoms with Crippen LogP contribution in [0.15, 0.2) is 55.1 Å². The normalized spacial score (nSPS) is 17.7. The number of imidazole rings is 1. The Hall–Kier alpha value is -2.40. The van der Waals surface area contributed by atoms with E-state index in [2.05, 4.69) is 38.9 Å². The van der Waals surface area contributed by atoms with Crippen molar-refractivity contribution >= 4 is 0 Å². The van der Waals surface area contributed by atoms with Gasteiger partial charge in [-0.05, 0) is 24.5 Å². The van der Waals surface area contributed by atoms with Gasteiger partial charge in [0.2, 0.25) is 0 Å². The fourth-order valence-electron chi connectivity index (χ4n) is 3.15. The first-order chi connectivity index (χ1) is 11.4. The van der Waals surface area contributed by atoms with Crippen LogP contribution in [0.3, 0.4) is 0 Å². The first-order valence-electron chi connectivity index (χ1n) is 8.08. The summed E-state index contributed by atoms with van der Waals surface area (Å²) >= 11 is 0. The number of ether oxygens (including phenoxy) is 1. The highest BCUT2D eigenvalue weighted by molar-refractivity contribution is 5.60. The van der Waals surface area contributed by atoms with E-state index in [4.69, 9.17) is 4.74 Å². The number of aromatic nitrogens is 4. The van der Waals surface area contributed by atoms with Gasteiger partial charge >= 0.3 is 0 Å². The van der Waals surface area contributed by atoms with Crippen molar-refractivity contribution in [1.82, 2.24) is 19.3 Å². The molecular weight excluding hydrogens is 288 g/mol. The van der Waals surface area contributed by atoms with Gasteiger partial charge in [-0.2, -0.15) is 5.10 Å². The quantitative estimate of drug-likeness (QED) is 0.728. The topological polar surface area (TPSA) is 44.9 Å². The smallest absolute Gasteiger partial charge is 0.140 e. The van der Waals surface area contributed by atoms with E-state index < -0.39 is 0 Å². The Morgan fingerprint density at radius 1 is 1.13 bits per heavy atom. The molecule has 0 N–H and O–H groups in total. The van der Waals surface area contributed by atoms with E-state index in [-0.39, 0.29) is 0 Å². The molecule has 2 aromatic heterocycles. The van der Waals surface area contributed by atoms with Gasteiger partial charge in [0.15, 0.2) is 0 Å². The zero-order valence-corrected chi connectivity index (χ0v) is 13.0. The van der Waals surface area contributed by atoms with Crippen molar-refractivity contribution in [1.29, 1.82) is 0 Å². The van der Waals surface area contributed by atoms with Crippen LogP contribution >= 0.6 is 0 Å². The van der Waals surface area contributed by atoms with Gasteiger partial charge in [-0.3, -0.25) is 4.68 Å². The number of hydrogen-bond donors (Lipinski definition) is 0. The van der Waals surface area contributed by atoms with Gasteiger partial charge in [-0.25, -0.2) is 4.98 Å². The van der Waals surface area contributed by atoms with Crippen molar-refractivity contribution in [3.8, 4) is 11.4 Å². The van der Waals surface area contributed by atoms with Crippen LogP contribution in [0.25, 0.3) is 11.4 Å². The van der Waals surface area contributed by atoms with Crippen LogP contribution in [0, 0.1) is 0 Å². The van der Waals surface area contributed by atoms with E-state index in [1.165, 1.54) is 5.56 Å². The van der Waals surface area contributed by atoms with Crippen LogP contribution in [-0.2, 0) is 17.8 Å². The molecule has 0 saturated carbocycles. The molecule has 0 radical (unpaired) electrons. The van der Waals surface area contributed by atoms with Crippen molar-refractivity contribution in [2.24, 2.45) is 0 Å². The third-order valence-electron chi connectivity index (χ3n) is 4.29. The highest BCUT2D eigenvalue weighted by Crippen LogP contribution is 2.24. The molecule has 23 heavy (non-hydrogen) atoms. The minimum absolute atomic E-state index is 0.307. The molecule has 0 unspecified atom stereocenters. The molecule has 1 aliphatic rings. The third kappa shape index (κ3) is 3.05. The van der Waals surface area contributed by atoms with Crippen LogP contribution < -0.4 is 0 Å². The molecule has 3 aromatic rings. The molecule has 1 aliphatic heterocycles. The monoisotopic (exact) mass is 308 g/mol. The molecule has 1 aromatic carbocycles. The minimum Gasteiger partial charge on any atom is -0.376 e. The fraction of sp³-hybridized carbons (Fsp3) is 0.333. The maximum atomic E-state index is 5.77. The Kier molecular flexibility index (Phi) is 3.94. The van der Waals surface area contributed by atoms with Crippen molar-refractivity contribution in [2.75, 3.05) is 6.61 Å². The van der Waals surface area contributed by atoms with Crippen LogP contribution in [0.5, 0.6) is 0 Å². The zero-order chi connectivity index (χ0) is 15.5. The van der Waals surface area contributed by atoms with Gasteiger partial charge in [0, 0.05) is 37.0 Å². The zero-order valence-electron chi connectivity index (χ0n) is 13.0. The molecule has 5 nitrogen and oxygen atoms in total. The van der Waals surface area contributed by atoms with E-state index in [1.807, 2.05) is 29.3 Å². The van der Waals surface area contributed by atoms with E-state index in [0.29, 0.717) is 6.10 Å². The summed E-state index contributed by atoms with van der Waals surface area (Å²) in [4.78, 5) is 4.60. The molecule has 3 heterocycles. The second-order valence-corrected chi connectivity index (χ2v) is 5.90. The number of benzene rings is 1. The molecule has 1 atom stereocenters. The lowest BCUT2D eigenvalue weighted by atomic mass is 10.1. The summed E-state index contributed by atoms with van der Waals surface area (Å²) < 4.78 is 9.91.